The van der Waals surface area contributed by atoms with E-state index in [9.17, 15) is 4.79 Å². The van der Waals surface area contributed by atoms with Gasteiger partial charge in [0.25, 0.3) is 0 Å². The Bertz CT molecular complexity index is 421. The van der Waals surface area contributed by atoms with E-state index in [4.69, 9.17) is 0 Å². The fourth-order valence-electron chi connectivity index (χ4n) is 2.70. The molecule has 1 aromatic rings. The summed E-state index contributed by atoms with van der Waals surface area (Å²) in [4.78, 5) is 15.4. The number of aryl methyl sites for hydroxylation is 1. The van der Waals surface area contributed by atoms with Gasteiger partial charge in [0.15, 0.2) is 0 Å². The zero-order chi connectivity index (χ0) is 13.7. The molecule has 1 saturated carbocycles. The maximum Gasteiger partial charge on any atom is 0.216 e. The van der Waals surface area contributed by atoms with Gasteiger partial charge >= 0.3 is 0 Å². The van der Waals surface area contributed by atoms with Gasteiger partial charge in [-0.15, -0.1) is 0 Å². The second kappa shape index (κ2) is 6.59. The zero-order valence-corrected chi connectivity index (χ0v) is 11.9. The second-order valence-electron chi connectivity index (χ2n) is 5.31. The third-order valence-corrected chi connectivity index (χ3v) is 3.60. The number of aromatic nitrogens is 2. The second-order valence-corrected chi connectivity index (χ2v) is 5.31. The molecule has 1 amide bonds. The van der Waals surface area contributed by atoms with Crippen LogP contribution in [0.25, 0.3) is 0 Å². The van der Waals surface area contributed by atoms with Crippen LogP contribution in [0.4, 0.5) is 5.95 Å². The van der Waals surface area contributed by atoms with E-state index >= 15 is 0 Å². The fourth-order valence-corrected chi connectivity index (χ4v) is 2.70. The molecule has 0 radical (unpaired) electrons. The van der Waals surface area contributed by atoms with Gasteiger partial charge in [0.2, 0.25) is 11.9 Å². The highest BCUT2D eigenvalue weighted by Gasteiger charge is 2.18. The Labute approximate surface area is 114 Å². The van der Waals surface area contributed by atoms with E-state index in [1.165, 1.54) is 39.0 Å². The van der Waals surface area contributed by atoms with Crippen molar-refractivity contribution in [3.63, 3.8) is 0 Å². The number of rotatable bonds is 5. The molecule has 2 N–H and O–H groups in total. The van der Waals surface area contributed by atoms with Crippen molar-refractivity contribution in [2.45, 2.75) is 52.0 Å². The molecule has 2 rings (SSSR count). The van der Waals surface area contributed by atoms with Crippen molar-refractivity contribution in [2.75, 3.05) is 18.4 Å². The highest BCUT2D eigenvalue weighted by Crippen LogP contribution is 2.30. The highest BCUT2D eigenvalue weighted by atomic mass is 16.1. The molecule has 0 aromatic carbocycles. The number of nitrogens with one attached hydrogen (secondary N) is 2. The number of nitrogens with zero attached hydrogens (tertiary/aromatic N) is 2. The van der Waals surface area contributed by atoms with Crippen molar-refractivity contribution >= 4 is 11.9 Å². The minimum absolute atomic E-state index is 0.00797. The molecule has 1 aliphatic rings. The molecule has 1 aliphatic carbocycles. The lowest BCUT2D eigenvalue weighted by atomic mass is 9.95. The van der Waals surface area contributed by atoms with Crippen LogP contribution in [-0.2, 0) is 4.79 Å². The lowest BCUT2D eigenvalue weighted by Crippen LogP contribution is -2.27. The molecule has 1 aromatic heterocycles. The van der Waals surface area contributed by atoms with Crippen LogP contribution >= 0.6 is 0 Å². The SMILES string of the molecule is CC(=O)NCCNc1nc(C)cn1C1CCCCC1. The predicted octanol–water partition coefficient (Wildman–Crippen LogP) is 2.24. The van der Waals surface area contributed by atoms with Crippen LogP contribution in [0.3, 0.4) is 0 Å². The van der Waals surface area contributed by atoms with E-state index in [1.54, 1.807) is 0 Å². The molecule has 0 spiro atoms. The predicted molar refractivity (Wildman–Crippen MR) is 76.3 cm³/mol. The number of anilines is 1. The summed E-state index contributed by atoms with van der Waals surface area (Å²) < 4.78 is 2.28. The lowest BCUT2D eigenvalue weighted by Gasteiger charge is -2.24. The summed E-state index contributed by atoms with van der Waals surface area (Å²) in [7, 11) is 0. The van der Waals surface area contributed by atoms with Crippen molar-refractivity contribution in [2.24, 2.45) is 0 Å². The van der Waals surface area contributed by atoms with E-state index in [0.29, 0.717) is 19.1 Å². The van der Waals surface area contributed by atoms with Gasteiger partial charge in [0.1, 0.15) is 0 Å². The summed E-state index contributed by atoms with van der Waals surface area (Å²) in [6, 6.07) is 0.582. The molecular weight excluding hydrogens is 240 g/mol. The number of hydrogen-bond acceptors (Lipinski definition) is 3. The van der Waals surface area contributed by atoms with Gasteiger partial charge in [-0.05, 0) is 19.8 Å². The molecule has 0 unspecified atom stereocenters. The van der Waals surface area contributed by atoms with Gasteiger partial charge in [-0.3, -0.25) is 4.79 Å². The van der Waals surface area contributed by atoms with Gasteiger partial charge in [0, 0.05) is 32.3 Å². The quantitative estimate of drug-likeness (QED) is 0.802. The van der Waals surface area contributed by atoms with Crippen molar-refractivity contribution in [3.8, 4) is 0 Å². The average molecular weight is 264 g/mol. The molecular formula is C14H24N4O. The molecule has 0 saturated heterocycles. The van der Waals surface area contributed by atoms with Crippen LogP contribution in [0.15, 0.2) is 6.20 Å². The van der Waals surface area contributed by atoms with Gasteiger partial charge < -0.3 is 15.2 Å². The smallest absolute Gasteiger partial charge is 0.216 e. The van der Waals surface area contributed by atoms with Gasteiger partial charge in [-0.25, -0.2) is 4.98 Å². The summed E-state index contributed by atoms with van der Waals surface area (Å²) in [5.41, 5.74) is 1.05. The number of carbonyl (C=O) groups excluding carboxylic acids is 1. The van der Waals surface area contributed by atoms with E-state index < -0.39 is 0 Å². The Morgan fingerprint density at radius 1 is 1.37 bits per heavy atom. The largest absolute Gasteiger partial charge is 0.355 e. The Morgan fingerprint density at radius 3 is 2.79 bits per heavy atom. The van der Waals surface area contributed by atoms with Crippen LogP contribution in [0.2, 0.25) is 0 Å². The minimum Gasteiger partial charge on any atom is -0.355 e. The molecule has 106 valence electrons. The van der Waals surface area contributed by atoms with Crippen LogP contribution in [0.1, 0.15) is 50.8 Å². The number of amides is 1. The molecule has 1 fully saturated rings. The summed E-state index contributed by atoms with van der Waals surface area (Å²) in [5.74, 6) is 0.948. The Morgan fingerprint density at radius 2 is 2.11 bits per heavy atom. The first-order valence-electron chi connectivity index (χ1n) is 7.20. The Hall–Kier alpha value is -1.52. The maximum atomic E-state index is 10.8. The van der Waals surface area contributed by atoms with Gasteiger partial charge in [-0.1, -0.05) is 19.3 Å². The molecule has 5 heteroatoms. The number of imidazole rings is 1. The lowest BCUT2D eigenvalue weighted by molar-refractivity contribution is -0.118. The minimum atomic E-state index is 0.00797. The van der Waals surface area contributed by atoms with Crippen LogP contribution in [0.5, 0.6) is 0 Å². The monoisotopic (exact) mass is 264 g/mol. The Kier molecular flexibility index (Phi) is 4.82. The normalized spacial score (nSPS) is 16.3. The standard InChI is InChI=1S/C14H24N4O/c1-11-10-18(13-6-4-3-5-7-13)14(17-11)16-9-8-15-12(2)19/h10,13H,3-9H2,1-2H3,(H,15,19)(H,16,17). The third kappa shape index (κ3) is 3.98. The first-order valence-corrected chi connectivity index (χ1v) is 7.20. The summed E-state index contributed by atoms with van der Waals surface area (Å²) in [5, 5.41) is 6.11. The summed E-state index contributed by atoms with van der Waals surface area (Å²) in [6.07, 6.45) is 8.61. The molecule has 0 aliphatic heterocycles. The first-order chi connectivity index (χ1) is 9.16. The summed E-state index contributed by atoms with van der Waals surface area (Å²) >= 11 is 0. The van der Waals surface area contributed by atoms with Crippen LogP contribution in [-0.4, -0.2) is 28.5 Å². The van der Waals surface area contributed by atoms with E-state index in [1.807, 2.05) is 6.92 Å². The van der Waals surface area contributed by atoms with E-state index in [2.05, 4.69) is 26.4 Å². The summed E-state index contributed by atoms with van der Waals surface area (Å²) in [6.45, 7) is 4.90. The third-order valence-electron chi connectivity index (χ3n) is 3.60. The average Bonchev–Trinajstić information content (AvgIpc) is 2.77. The van der Waals surface area contributed by atoms with Crippen molar-refractivity contribution in [1.29, 1.82) is 0 Å². The van der Waals surface area contributed by atoms with Crippen molar-refractivity contribution in [3.05, 3.63) is 11.9 Å². The Balaban J connectivity index is 1.93. The number of hydrogen-bond donors (Lipinski definition) is 2. The van der Waals surface area contributed by atoms with E-state index in [-0.39, 0.29) is 5.91 Å². The van der Waals surface area contributed by atoms with Gasteiger partial charge in [0.05, 0.1) is 5.69 Å². The molecule has 0 bridgehead atoms. The molecule has 0 atom stereocenters. The van der Waals surface area contributed by atoms with Crippen molar-refractivity contribution < 1.29 is 4.79 Å². The van der Waals surface area contributed by atoms with Crippen LogP contribution in [0, 0.1) is 6.92 Å². The topological polar surface area (TPSA) is 59.0 Å². The number of carbonyl (C=O) groups is 1. The van der Waals surface area contributed by atoms with E-state index in [0.717, 1.165) is 11.6 Å². The molecule has 1 heterocycles. The van der Waals surface area contributed by atoms with Crippen LogP contribution < -0.4 is 10.6 Å². The zero-order valence-electron chi connectivity index (χ0n) is 11.9. The fraction of sp³-hybridized carbons (Fsp3) is 0.714. The van der Waals surface area contributed by atoms with Crippen molar-refractivity contribution in [1.82, 2.24) is 14.9 Å². The maximum absolute atomic E-state index is 10.8. The first kappa shape index (κ1) is 13.9. The van der Waals surface area contributed by atoms with Gasteiger partial charge in [-0.2, -0.15) is 0 Å². The molecule has 5 nitrogen and oxygen atoms in total. The highest BCUT2D eigenvalue weighted by molar-refractivity contribution is 5.72. The molecule has 19 heavy (non-hydrogen) atoms.